The van der Waals surface area contributed by atoms with Gasteiger partial charge in [0.05, 0.1) is 6.54 Å². The summed E-state index contributed by atoms with van der Waals surface area (Å²) < 4.78 is 5.97. The van der Waals surface area contributed by atoms with E-state index in [1.807, 2.05) is 40.1 Å². The minimum absolute atomic E-state index is 0.0626. The van der Waals surface area contributed by atoms with E-state index in [0.29, 0.717) is 58.8 Å². The second-order valence-electron chi connectivity index (χ2n) is 9.09. The van der Waals surface area contributed by atoms with Gasteiger partial charge in [-0.1, -0.05) is 30.4 Å². The fourth-order valence-electron chi connectivity index (χ4n) is 4.93. The lowest BCUT2D eigenvalue weighted by molar-refractivity contribution is -0.140. The molecule has 0 spiro atoms. The standard InChI is InChI=1S/C25H34N4O4/c1-19(30)27-10-12-28(13-11-27)24(31)15-20-8-9-29-18-22(20)6-4-14-33-23-7-3-2-5-21(23)16-26-17-25(29)32/h2-7,20,22,26H,8-18H2,1H3/b6-4+/t20-,22-/m0/s1. The number of piperidine rings is 1. The zero-order chi connectivity index (χ0) is 23.2. The number of ether oxygens (including phenoxy) is 1. The van der Waals surface area contributed by atoms with Gasteiger partial charge in [0.15, 0.2) is 0 Å². The summed E-state index contributed by atoms with van der Waals surface area (Å²) in [6, 6.07) is 7.87. The quantitative estimate of drug-likeness (QED) is 0.681. The number of fused-ring (bicyclic) bond motifs is 3. The first-order chi connectivity index (χ1) is 16.0. The van der Waals surface area contributed by atoms with Crippen molar-refractivity contribution in [2.75, 3.05) is 52.4 Å². The van der Waals surface area contributed by atoms with Gasteiger partial charge in [-0.25, -0.2) is 0 Å². The van der Waals surface area contributed by atoms with E-state index in [2.05, 4.69) is 11.4 Å². The lowest BCUT2D eigenvalue weighted by atomic mass is 9.82. The first kappa shape index (κ1) is 23.3. The molecule has 33 heavy (non-hydrogen) atoms. The Balaban J connectivity index is 1.41. The topological polar surface area (TPSA) is 82.2 Å². The third kappa shape index (κ3) is 5.93. The van der Waals surface area contributed by atoms with Crippen LogP contribution in [-0.2, 0) is 20.9 Å². The summed E-state index contributed by atoms with van der Waals surface area (Å²) in [6.07, 6.45) is 5.42. The number of carbonyl (C=O) groups is 3. The van der Waals surface area contributed by atoms with Crippen LogP contribution in [0.25, 0.3) is 0 Å². The first-order valence-electron chi connectivity index (χ1n) is 11.9. The van der Waals surface area contributed by atoms with Gasteiger partial charge in [0.2, 0.25) is 17.7 Å². The molecule has 3 aliphatic rings. The highest BCUT2D eigenvalue weighted by Gasteiger charge is 2.33. The number of rotatable bonds is 2. The highest BCUT2D eigenvalue weighted by atomic mass is 16.5. The molecule has 1 aromatic rings. The van der Waals surface area contributed by atoms with Gasteiger partial charge in [0.25, 0.3) is 0 Å². The molecular weight excluding hydrogens is 420 g/mol. The van der Waals surface area contributed by atoms with E-state index in [0.717, 1.165) is 17.7 Å². The molecule has 178 valence electrons. The summed E-state index contributed by atoms with van der Waals surface area (Å²) in [6.45, 7) is 6.58. The molecule has 1 aromatic carbocycles. The Morgan fingerprint density at radius 2 is 1.82 bits per heavy atom. The Morgan fingerprint density at radius 3 is 2.61 bits per heavy atom. The summed E-state index contributed by atoms with van der Waals surface area (Å²) in [4.78, 5) is 43.0. The zero-order valence-corrected chi connectivity index (χ0v) is 19.4. The molecule has 3 amide bonds. The van der Waals surface area contributed by atoms with Crippen LogP contribution in [0.3, 0.4) is 0 Å². The molecule has 2 fully saturated rings. The molecule has 1 N–H and O–H groups in total. The van der Waals surface area contributed by atoms with Gasteiger partial charge in [-0.15, -0.1) is 0 Å². The summed E-state index contributed by atoms with van der Waals surface area (Å²) in [5.74, 6) is 1.43. The molecule has 0 aromatic heterocycles. The van der Waals surface area contributed by atoms with Gasteiger partial charge in [-0.3, -0.25) is 14.4 Å². The second-order valence-corrected chi connectivity index (χ2v) is 9.09. The summed E-state index contributed by atoms with van der Waals surface area (Å²) in [5, 5.41) is 3.25. The van der Waals surface area contributed by atoms with Gasteiger partial charge in [0, 0.05) is 64.7 Å². The van der Waals surface area contributed by atoms with Crippen LogP contribution in [-0.4, -0.2) is 84.8 Å². The van der Waals surface area contributed by atoms with Crippen molar-refractivity contribution in [1.82, 2.24) is 20.0 Å². The maximum atomic E-state index is 13.0. The average Bonchev–Trinajstić information content (AvgIpc) is 2.83. The molecule has 0 saturated carbocycles. The number of benzene rings is 1. The molecule has 8 heteroatoms. The molecule has 4 rings (SSSR count). The number of nitrogens with zero attached hydrogens (tertiary/aromatic N) is 3. The number of nitrogens with one attached hydrogen (secondary N) is 1. The van der Waals surface area contributed by atoms with Gasteiger partial charge in [0.1, 0.15) is 12.4 Å². The Kier molecular flexibility index (Phi) is 7.65. The number of amides is 3. The molecule has 2 saturated heterocycles. The van der Waals surface area contributed by atoms with E-state index in [-0.39, 0.29) is 36.1 Å². The van der Waals surface area contributed by atoms with Crippen molar-refractivity contribution in [3.63, 3.8) is 0 Å². The van der Waals surface area contributed by atoms with Crippen molar-refractivity contribution in [3.8, 4) is 5.75 Å². The summed E-state index contributed by atoms with van der Waals surface area (Å²) in [7, 11) is 0. The van der Waals surface area contributed by atoms with Crippen LogP contribution in [0, 0.1) is 11.8 Å². The Hall–Kier alpha value is -2.87. The van der Waals surface area contributed by atoms with Crippen LogP contribution in [0.15, 0.2) is 36.4 Å². The van der Waals surface area contributed by atoms with Crippen molar-refractivity contribution in [3.05, 3.63) is 42.0 Å². The lowest BCUT2D eigenvalue weighted by Crippen LogP contribution is -2.51. The van der Waals surface area contributed by atoms with E-state index in [4.69, 9.17) is 4.74 Å². The van der Waals surface area contributed by atoms with Gasteiger partial charge < -0.3 is 24.8 Å². The first-order valence-corrected chi connectivity index (χ1v) is 11.9. The highest BCUT2D eigenvalue weighted by Crippen LogP contribution is 2.29. The molecule has 2 atom stereocenters. The Morgan fingerprint density at radius 1 is 1.06 bits per heavy atom. The molecule has 0 unspecified atom stereocenters. The third-order valence-corrected chi connectivity index (χ3v) is 6.96. The van der Waals surface area contributed by atoms with E-state index >= 15 is 0 Å². The average molecular weight is 455 g/mol. The van der Waals surface area contributed by atoms with Crippen molar-refractivity contribution in [1.29, 1.82) is 0 Å². The van der Waals surface area contributed by atoms with Crippen LogP contribution in [0.1, 0.15) is 25.3 Å². The van der Waals surface area contributed by atoms with Crippen molar-refractivity contribution in [2.45, 2.75) is 26.3 Å². The zero-order valence-electron chi connectivity index (χ0n) is 19.4. The predicted molar refractivity (Wildman–Crippen MR) is 124 cm³/mol. The monoisotopic (exact) mass is 454 g/mol. The molecule has 0 aliphatic carbocycles. The minimum Gasteiger partial charge on any atom is -0.489 e. The number of piperazine rings is 1. The number of carbonyl (C=O) groups excluding carboxylic acids is 3. The van der Waals surface area contributed by atoms with Crippen molar-refractivity contribution >= 4 is 17.7 Å². The van der Waals surface area contributed by atoms with Crippen LogP contribution in [0.2, 0.25) is 0 Å². The van der Waals surface area contributed by atoms with Crippen molar-refractivity contribution < 1.29 is 19.1 Å². The van der Waals surface area contributed by atoms with Crippen LogP contribution in [0.5, 0.6) is 5.75 Å². The second kappa shape index (κ2) is 10.8. The molecular formula is C25H34N4O4. The number of para-hydroxylation sites is 1. The van der Waals surface area contributed by atoms with E-state index in [9.17, 15) is 14.4 Å². The molecule has 0 radical (unpaired) electrons. The molecule has 3 aliphatic heterocycles. The van der Waals surface area contributed by atoms with Gasteiger partial charge >= 0.3 is 0 Å². The Labute approximate surface area is 195 Å². The normalized spacial score (nSPS) is 25.1. The van der Waals surface area contributed by atoms with Gasteiger partial charge in [-0.2, -0.15) is 0 Å². The smallest absolute Gasteiger partial charge is 0.236 e. The summed E-state index contributed by atoms with van der Waals surface area (Å²) in [5.41, 5.74) is 1.03. The fraction of sp³-hybridized carbons (Fsp3) is 0.560. The molecule has 2 bridgehead atoms. The van der Waals surface area contributed by atoms with E-state index in [1.165, 1.54) is 0 Å². The highest BCUT2D eigenvalue weighted by molar-refractivity contribution is 5.79. The molecule has 3 heterocycles. The largest absolute Gasteiger partial charge is 0.489 e. The lowest BCUT2D eigenvalue weighted by Gasteiger charge is -2.39. The Bertz CT molecular complexity index is 894. The predicted octanol–water partition coefficient (Wildman–Crippen LogP) is 1.27. The molecule has 8 nitrogen and oxygen atoms in total. The van der Waals surface area contributed by atoms with Crippen LogP contribution >= 0.6 is 0 Å². The SMILES string of the molecule is CC(=O)N1CCN(C(=O)C[C@@H]2CCN3C[C@@H]2/C=C/COc2ccccc2CNCC3=O)CC1. The number of hydrogen-bond acceptors (Lipinski definition) is 5. The van der Waals surface area contributed by atoms with Gasteiger partial charge in [-0.05, 0) is 24.3 Å². The maximum Gasteiger partial charge on any atom is 0.236 e. The van der Waals surface area contributed by atoms with Crippen molar-refractivity contribution in [2.24, 2.45) is 11.8 Å². The van der Waals surface area contributed by atoms with Crippen LogP contribution in [0.4, 0.5) is 0 Å². The fourth-order valence-corrected chi connectivity index (χ4v) is 4.93. The van der Waals surface area contributed by atoms with E-state index < -0.39 is 0 Å². The summed E-state index contributed by atoms with van der Waals surface area (Å²) >= 11 is 0. The minimum atomic E-state index is 0.0626. The number of hydrogen-bond donors (Lipinski definition) is 1. The van der Waals surface area contributed by atoms with E-state index in [1.54, 1.807) is 11.8 Å². The third-order valence-electron chi connectivity index (χ3n) is 6.96. The maximum absolute atomic E-state index is 13.0. The van der Waals surface area contributed by atoms with Crippen LogP contribution < -0.4 is 10.1 Å².